The maximum Gasteiger partial charge on any atom is 0.148 e. The number of aromatic nitrogens is 2. The molecule has 0 aliphatic rings. The van der Waals surface area contributed by atoms with E-state index in [1.54, 1.807) is 7.11 Å². The summed E-state index contributed by atoms with van der Waals surface area (Å²) in [5, 5.41) is 10.3. The quantitative estimate of drug-likeness (QED) is 0.827. The smallest absolute Gasteiger partial charge is 0.148 e. The van der Waals surface area contributed by atoms with Gasteiger partial charge in [0.1, 0.15) is 11.6 Å². The van der Waals surface area contributed by atoms with Crippen LogP contribution in [0.4, 0.5) is 5.82 Å². The molecule has 1 aromatic heterocycles. The van der Waals surface area contributed by atoms with Crippen LogP contribution in [0.2, 0.25) is 0 Å². The number of hydrogen-bond acceptors (Lipinski definition) is 3. The molecule has 0 amide bonds. The first-order chi connectivity index (χ1) is 7.83. The van der Waals surface area contributed by atoms with Crippen molar-refractivity contribution in [2.75, 3.05) is 19.0 Å². The fraction of sp³-hybridized carbons (Fsp3) is 0.250. The van der Waals surface area contributed by atoms with Crippen LogP contribution in [0.25, 0.3) is 11.3 Å². The predicted octanol–water partition coefficient (Wildman–Crippen LogP) is 2.52. The highest BCUT2D eigenvalue weighted by Gasteiger charge is 2.03. The summed E-state index contributed by atoms with van der Waals surface area (Å²) in [5.74, 6) is 1.71. The molecule has 0 fully saturated rings. The highest BCUT2D eigenvalue weighted by atomic mass is 16.5. The molecule has 0 spiro atoms. The highest BCUT2D eigenvalue weighted by molar-refractivity contribution is 5.64. The number of ether oxygens (including phenoxy) is 1. The maximum absolute atomic E-state index is 5.18. The summed E-state index contributed by atoms with van der Waals surface area (Å²) in [6.07, 6.45) is 0. The summed E-state index contributed by atoms with van der Waals surface area (Å²) in [4.78, 5) is 0. The predicted molar refractivity (Wildman–Crippen MR) is 64.7 cm³/mol. The number of benzene rings is 1. The minimum Gasteiger partial charge on any atom is -0.497 e. The van der Waals surface area contributed by atoms with Crippen LogP contribution >= 0.6 is 0 Å². The number of methoxy groups -OCH3 is 1. The SMILES string of the molecule is CCNc1cc(-c2cccc(OC)c2)[nH]n1. The Morgan fingerprint density at radius 2 is 2.25 bits per heavy atom. The van der Waals surface area contributed by atoms with Crippen molar-refractivity contribution in [2.24, 2.45) is 0 Å². The summed E-state index contributed by atoms with van der Waals surface area (Å²) >= 11 is 0. The van der Waals surface area contributed by atoms with Gasteiger partial charge in [0.05, 0.1) is 12.8 Å². The minimum absolute atomic E-state index is 0.845. The zero-order valence-electron chi connectivity index (χ0n) is 9.45. The molecular formula is C12H15N3O. The van der Waals surface area contributed by atoms with Crippen molar-refractivity contribution in [1.82, 2.24) is 10.2 Å². The van der Waals surface area contributed by atoms with Crippen LogP contribution in [0, 0.1) is 0 Å². The van der Waals surface area contributed by atoms with Crippen LogP contribution in [0.15, 0.2) is 30.3 Å². The number of hydrogen-bond donors (Lipinski definition) is 2. The van der Waals surface area contributed by atoms with E-state index in [0.717, 1.165) is 29.4 Å². The summed E-state index contributed by atoms with van der Waals surface area (Å²) in [6, 6.07) is 9.86. The van der Waals surface area contributed by atoms with Gasteiger partial charge in [0, 0.05) is 18.2 Å². The van der Waals surface area contributed by atoms with Crippen LogP contribution in [-0.4, -0.2) is 23.9 Å². The van der Waals surface area contributed by atoms with Gasteiger partial charge >= 0.3 is 0 Å². The van der Waals surface area contributed by atoms with E-state index in [1.807, 2.05) is 37.3 Å². The number of nitrogens with one attached hydrogen (secondary N) is 2. The van der Waals surface area contributed by atoms with E-state index in [4.69, 9.17) is 4.74 Å². The maximum atomic E-state index is 5.18. The van der Waals surface area contributed by atoms with Crippen molar-refractivity contribution in [3.8, 4) is 17.0 Å². The third-order valence-corrected chi connectivity index (χ3v) is 2.32. The van der Waals surface area contributed by atoms with Crippen molar-refractivity contribution >= 4 is 5.82 Å². The molecule has 1 aromatic carbocycles. The molecule has 0 unspecified atom stereocenters. The molecule has 84 valence electrons. The third kappa shape index (κ3) is 2.16. The van der Waals surface area contributed by atoms with Gasteiger partial charge in [-0.25, -0.2) is 0 Å². The highest BCUT2D eigenvalue weighted by Crippen LogP contribution is 2.23. The number of anilines is 1. The molecule has 0 saturated carbocycles. The Balaban J connectivity index is 2.27. The molecule has 4 heteroatoms. The van der Waals surface area contributed by atoms with Gasteiger partial charge in [-0.3, -0.25) is 5.10 Å². The number of aromatic amines is 1. The van der Waals surface area contributed by atoms with Crippen molar-refractivity contribution in [1.29, 1.82) is 0 Å². The molecule has 2 aromatic rings. The average molecular weight is 217 g/mol. The molecule has 0 aliphatic heterocycles. The second kappa shape index (κ2) is 4.70. The number of nitrogens with zero attached hydrogens (tertiary/aromatic N) is 1. The van der Waals surface area contributed by atoms with Crippen LogP contribution in [0.1, 0.15) is 6.92 Å². The van der Waals surface area contributed by atoms with Crippen LogP contribution in [-0.2, 0) is 0 Å². The van der Waals surface area contributed by atoms with Crippen molar-refractivity contribution in [2.45, 2.75) is 6.92 Å². The molecule has 2 rings (SSSR count). The van der Waals surface area contributed by atoms with E-state index >= 15 is 0 Å². The Labute approximate surface area is 94.6 Å². The van der Waals surface area contributed by atoms with Crippen LogP contribution in [0.5, 0.6) is 5.75 Å². The van der Waals surface area contributed by atoms with E-state index in [1.165, 1.54) is 0 Å². The van der Waals surface area contributed by atoms with Crippen molar-refractivity contribution in [3.63, 3.8) is 0 Å². The van der Waals surface area contributed by atoms with E-state index in [0.29, 0.717) is 0 Å². The Morgan fingerprint density at radius 1 is 1.38 bits per heavy atom. The van der Waals surface area contributed by atoms with Gasteiger partial charge in [-0.1, -0.05) is 12.1 Å². The molecule has 0 aliphatic carbocycles. The van der Waals surface area contributed by atoms with Gasteiger partial charge < -0.3 is 10.1 Å². The summed E-state index contributed by atoms with van der Waals surface area (Å²) in [6.45, 7) is 2.91. The Hall–Kier alpha value is -1.97. The molecule has 1 heterocycles. The zero-order valence-corrected chi connectivity index (χ0v) is 9.45. The Bertz CT molecular complexity index is 465. The molecule has 0 bridgehead atoms. The standard InChI is InChI=1S/C12H15N3O/c1-3-13-12-8-11(14-15-12)9-5-4-6-10(7-9)16-2/h4-8H,3H2,1-2H3,(H2,13,14,15). The lowest BCUT2D eigenvalue weighted by Crippen LogP contribution is -1.95. The van der Waals surface area contributed by atoms with Crippen molar-refractivity contribution in [3.05, 3.63) is 30.3 Å². The third-order valence-electron chi connectivity index (χ3n) is 2.32. The lowest BCUT2D eigenvalue weighted by atomic mass is 10.1. The first kappa shape index (κ1) is 10.5. The van der Waals surface area contributed by atoms with Gasteiger partial charge in [-0.2, -0.15) is 5.10 Å². The molecule has 0 atom stereocenters. The van der Waals surface area contributed by atoms with E-state index in [9.17, 15) is 0 Å². The lowest BCUT2D eigenvalue weighted by Gasteiger charge is -2.01. The average Bonchev–Trinajstić information content (AvgIpc) is 2.78. The van der Waals surface area contributed by atoms with Gasteiger partial charge in [-0.15, -0.1) is 0 Å². The molecule has 2 N–H and O–H groups in total. The van der Waals surface area contributed by atoms with Crippen LogP contribution < -0.4 is 10.1 Å². The van der Waals surface area contributed by atoms with Crippen LogP contribution in [0.3, 0.4) is 0 Å². The van der Waals surface area contributed by atoms with E-state index in [2.05, 4.69) is 15.5 Å². The fourth-order valence-electron chi connectivity index (χ4n) is 1.53. The number of rotatable bonds is 4. The second-order valence-electron chi connectivity index (χ2n) is 3.43. The van der Waals surface area contributed by atoms with Gasteiger partial charge in [0.2, 0.25) is 0 Å². The topological polar surface area (TPSA) is 49.9 Å². The summed E-state index contributed by atoms with van der Waals surface area (Å²) < 4.78 is 5.18. The molecule has 0 radical (unpaired) electrons. The normalized spacial score (nSPS) is 10.1. The lowest BCUT2D eigenvalue weighted by molar-refractivity contribution is 0.415. The monoisotopic (exact) mass is 217 g/mol. The first-order valence-corrected chi connectivity index (χ1v) is 5.27. The van der Waals surface area contributed by atoms with Crippen molar-refractivity contribution < 1.29 is 4.74 Å². The van der Waals surface area contributed by atoms with Gasteiger partial charge in [-0.05, 0) is 19.1 Å². The zero-order chi connectivity index (χ0) is 11.4. The van der Waals surface area contributed by atoms with E-state index in [-0.39, 0.29) is 0 Å². The minimum atomic E-state index is 0.845. The largest absolute Gasteiger partial charge is 0.497 e. The Kier molecular flexibility index (Phi) is 3.10. The summed E-state index contributed by atoms with van der Waals surface area (Å²) in [5.41, 5.74) is 2.05. The van der Waals surface area contributed by atoms with Gasteiger partial charge in [0.15, 0.2) is 0 Å². The number of H-pyrrole nitrogens is 1. The second-order valence-corrected chi connectivity index (χ2v) is 3.43. The molecule has 16 heavy (non-hydrogen) atoms. The summed E-state index contributed by atoms with van der Waals surface area (Å²) in [7, 11) is 1.66. The fourth-order valence-corrected chi connectivity index (χ4v) is 1.53. The first-order valence-electron chi connectivity index (χ1n) is 5.27. The van der Waals surface area contributed by atoms with Gasteiger partial charge in [0.25, 0.3) is 0 Å². The molecule has 4 nitrogen and oxygen atoms in total. The molecule has 0 saturated heterocycles. The van der Waals surface area contributed by atoms with E-state index < -0.39 is 0 Å². The Morgan fingerprint density at radius 3 is 3.00 bits per heavy atom. The molecular weight excluding hydrogens is 202 g/mol.